The zero-order valence-corrected chi connectivity index (χ0v) is 13.0. The first kappa shape index (κ1) is 15.8. The maximum Gasteiger partial charge on any atom is 0.320 e. The minimum Gasteiger partial charge on any atom is -0.496 e. The summed E-state index contributed by atoms with van der Waals surface area (Å²) in [7, 11) is 3.24. The number of aromatic nitrogens is 2. The molecule has 0 fully saturated rings. The third kappa shape index (κ3) is 3.55. The number of halogens is 1. The number of hydrogen-bond acceptors (Lipinski definition) is 3. The number of rotatable bonds is 4. The van der Waals surface area contributed by atoms with Gasteiger partial charge in [-0.15, -0.1) is 0 Å². The van der Waals surface area contributed by atoms with Crippen LogP contribution in [-0.2, 0) is 7.05 Å². The van der Waals surface area contributed by atoms with Gasteiger partial charge in [0.15, 0.2) is 0 Å². The molecule has 6 nitrogen and oxygen atoms in total. The van der Waals surface area contributed by atoms with Gasteiger partial charge in [-0.25, -0.2) is 9.18 Å². The van der Waals surface area contributed by atoms with E-state index in [2.05, 4.69) is 15.7 Å². The van der Waals surface area contributed by atoms with Gasteiger partial charge in [0, 0.05) is 18.7 Å². The minimum atomic E-state index is -0.417. The Morgan fingerprint density at radius 3 is 2.73 bits per heavy atom. The third-order valence-corrected chi connectivity index (χ3v) is 3.25. The standard InChI is InChI=1S/C15H19FN4O2/c1-9-7-14(20(3)19-9)18-15(21)17-10(2)12-8-11(16)5-6-13(12)22-4/h5-8,10H,1-4H3,(H2,17,18,21)/t10-/m0/s1. The van der Waals surface area contributed by atoms with Crippen LogP contribution < -0.4 is 15.4 Å². The highest BCUT2D eigenvalue weighted by Crippen LogP contribution is 2.25. The van der Waals surface area contributed by atoms with E-state index in [1.54, 1.807) is 24.7 Å². The molecular weight excluding hydrogens is 287 g/mol. The average molecular weight is 306 g/mol. The van der Waals surface area contributed by atoms with Gasteiger partial charge in [-0.05, 0) is 32.0 Å². The van der Waals surface area contributed by atoms with Crippen LogP contribution in [0.25, 0.3) is 0 Å². The van der Waals surface area contributed by atoms with E-state index in [-0.39, 0.29) is 5.82 Å². The highest BCUT2D eigenvalue weighted by atomic mass is 19.1. The Morgan fingerprint density at radius 1 is 1.41 bits per heavy atom. The Morgan fingerprint density at radius 2 is 2.14 bits per heavy atom. The number of urea groups is 1. The zero-order valence-electron chi connectivity index (χ0n) is 13.0. The summed E-state index contributed by atoms with van der Waals surface area (Å²) in [6.45, 7) is 3.59. The molecule has 1 atom stereocenters. The number of carbonyl (C=O) groups is 1. The van der Waals surface area contributed by atoms with Crippen LogP contribution in [0.1, 0.15) is 24.2 Å². The molecule has 2 rings (SSSR count). The lowest BCUT2D eigenvalue weighted by molar-refractivity contribution is 0.249. The number of carbonyl (C=O) groups excluding carboxylic acids is 1. The first-order chi connectivity index (χ1) is 10.4. The summed E-state index contributed by atoms with van der Waals surface area (Å²) in [6, 6.07) is 5.13. The molecule has 0 aliphatic rings. The molecule has 0 saturated heterocycles. The molecule has 2 N–H and O–H groups in total. The van der Waals surface area contributed by atoms with Gasteiger partial charge in [-0.2, -0.15) is 5.10 Å². The Balaban J connectivity index is 2.08. The van der Waals surface area contributed by atoms with Crippen molar-refractivity contribution in [2.45, 2.75) is 19.9 Å². The minimum absolute atomic E-state index is 0.382. The predicted octanol–water partition coefficient (Wildman–Crippen LogP) is 2.76. The fourth-order valence-electron chi connectivity index (χ4n) is 2.20. The summed E-state index contributed by atoms with van der Waals surface area (Å²) in [5.74, 6) is 0.714. The molecule has 118 valence electrons. The molecule has 0 unspecified atom stereocenters. The lowest BCUT2D eigenvalue weighted by atomic mass is 10.1. The number of ether oxygens (including phenoxy) is 1. The maximum absolute atomic E-state index is 13.4. The molecular formula is C15H19FN4O2. The lowest BCUT2D eigenvalue weighted by Crippen LogP contribution is -2.32. The van der Waals surface area contributed by atoms with Gasteiger partial charge in [0.25, 0.3) is 0 Å². The second-order valence-corrected chi connectivity index (χ2v) is 5.00. The van der Waals surface area contributed by atoms with Crippen LogP contribution in [0.2, 0.25) is 0 Å². The number of benzene rings is 1. The number of nitrogens with zero attached hydrogens (tertiary/aromatic N) is 2. The lowest BCUT2D eigenvalue weighted by Gasteiger charge is -2.17. The Hall–Kier alpha value is -2.57. The van der Waals surface area contributed by atoms with Gasteiger partial charge in [0.2, 0.25) is 0 Å². The van der Waals surface area contributed by atoms with E-state index in [9.17, 15) is 9.18 Å². The van der Waals surface area contributed by atoms with E-state index in [0.717, 1.165) is 5.69 Å². The summed E-state index contributed by atoms with van der Waals surface area (Å²) in [5, 5.41) is 9.59. The Bertz CT molecular complexity index is 684. The fourth-order valence-corrected chi connectivity index (χ4v) is 2.20. The molecule has 7 heteroatoms. The Kier molecular flexibility index (Phi) is 4.65. The molecule has 1 heterocycles. The topological polar surface area (TPSA) is 68.2 Å². The van der Waals surface area contributed by atoms with Crippen LogP contribution in [0.15, 0.2) is 24.3 Å². The number of aryl methyl sites for hydroxylation is 2. The molecule has 0 spiro atoms. The Labute approximate surface area is 128 Å². The molecule has 1 aromatic carbocycles. The molecule has 2 amide bonds. The van der Waals surface area contributed by atoms with Crippen molar-refractivity contribution in [2.24, 2.45) is 7.05 Å². The summed E-state index contributed by atoms with van der Waals surface area (Å²) in [5.41, 5.74) is 1.37. The summed E-state index contributed by atoms with van der Waals surface area (Å²) < 4.78 is 20.2. The zero-order chi connectivity index (χ0) is 16.3. The van der Waals surface area contributed by atoms with Crippen molar-refractivity contribution in [3.63, 3.8) is 0 Å². The van der Waals surface area contributed by atoms with Gasteiger partial charge in [0.1, 0.15) is 17.4 Å². The molecule has 1 aromatic heterocycles. The van der Waals surface area contributed by atoms with Crippen molar-refractivity contribution in [1.29, 1.82) is 0 Å². The number of amides is 2. The molecule has 2 aromatic rings. The second kappa shape index (κ2) is 6.46. The van der Waals surface area contributed by atoms with Gasteiger partial charge >= 0.3 is 6.03 Å². The van der Waals surface area contributed by atoms with Crippen LogP contribution in [0.5, 0.6) is 5.75 Å². The van der Waals surface area contributed by atoms with Gasteiger partial charge in [-0.1, -0.05) is 0 Å². The molecule has 0 radical (unpaired) electrons. The van der Waals surface area contributed by atoms with Crippen LogP contribution in [0, 0.1) is 12.7 Å². The van der Waals surface area contributed by atoms with Gasteiger partial charge in [-0.3, -0.25) is 10.00 Å². The molecule has 0 aliphatic carbocycles. The monoisotopic (exact) mass is 306 g/mol. The normalized spacial score (nSPS) is 11.9. The molecule has 0 aliphatic heterocycles. The number of anilines is 1. The summed E-state index contributed by atoms with van der Waals surface area (Å²) >= 11 is 0. The second-order valence-electron chi connectivity index (χ2n) is 5.00. The van der Waals surface area contributed by atoms with Crippen LogP contribution in [0.3, 0.4) is 0 Å². The van der Waals surface area contributed by atoms with E-state index in [1.165, 1.54) is 25.3 Å². The first-order valence-corrected chi connectivity index (χ1v) is 6.82. The average Bonchev–Trinajstić information content (AvgIpc) is 2.76. The van der Waals surface area contributed by atoms with E-state index >= 15 is 0 Å². The van der Waals surface area contributed by atoms with E-state index in [4.69, 9.17) is 4.74 Å². The van der Waals surface area contributed by atoms with Crippen molar-refractivity contribution in [3.05, 3.63) is 41.3 Å². The number of hydrogen-bond donors (Lipinski definition) is 2. The van der Waals surface area contributed by atoms with Crippen molar-refractivity contribution < 1.29 is 13.9 Å². The summed E-state index contributed by atoms with van der Waals surface area (Å²) in [4.78, 5) is 12.0. The van der Waals surface area contributed by atoms with E-state index in [0.29, 0.717) is 17.1 Å². The predicted molar refractivity (Wildman–Crippen MR) is 81.5 cm³/mol. The van der Waals surface area contributed by atoms with Gasteiger partial charge < -0.3 is 10.1 Å². The molecule has 22 heavy (non-hydrogen) atoms. The van der Waals surface area contributed by atoms with Crippen LogP contribution >= 0.6 is 0 Å². The SMILES string of the molecule is COc1ccc(F)cc1[C@H](C)NC(=O)Nc1cc(C)nn1C. The van der Waals surface area contributed by atoms with Crippen LogP contribution in [0.4, 0.5) is 15.0 Å². The van der Waals surface area contributed by atoms with Crippen molar-refractivity contribution >= 4 is 11.8 Å². The molecule has 0 saturated carbocycles. The molecule has 0 bridgehead atoms. The highest BCUT2D eigenvalue weighted by molar-refractivity contribution is 5.88. The fraction of sp³-hybridized carbons (Fsp3) is 0.333. The first-order valence-electron chi connectivity index (χ1n) is 6.82. The maximum atomic E-state index is 13.4. The van der Waals surface area contributed by atoms with Crippen molar-refractivity contribution in [2.75, 3.05) is 12.4 Å². The van der Waals surface area contributed by atoms with Gasteiger partial charge in [0.05, 0.1) is 18.8 Å². The van der Waals surface area contributed by atoms with Crippen LogP contribution in [-0.4, -0.2) is 22.9 Å². The quantitative estimate of drug-likeness (QED) is 0.912. The number of nitrogens with one attached hydrogen (secondary N) is 2. The smallest absolute Gasteiger partial charge is 0.320 e. The van der Waals surface area contributed by atoms with Crippen molar-refractivity contribution in [3.8, 4) is 5.75 Å². The van der Waals surface area contributed by atoms with E-state index < -0.39 is 12.1 Å². The number of methoxy groups -OCH3 is 1. The largest absolute Gasteiger partial charge is 0.496 e. The summed E-state index contributed by atoms with van der Waals surface area (Å²) in [6.07, 6.45) is 0. The van der Waals surface area contributed by atoms with Crippen molar-refractivity contribution in [1.82, 2.24) is 15.1 Å². The van der Waals surface area contributed by atoms with E-state index in [1.807, 2.05) is 6.92 Å². The third-order valence-electron chi connectivity index (χ3n) is 3.25. The highest BCUT2D eigenvalue weighted by Gasteiger charge is 2.16.